The van der Waals surface area contributed by atoms with Crippen molar-refractivity contribution in [2.24, 2.45) is 0 Å². The van der Waals surface area contributed by atoms with E-state index >= 15 is 0 Å². The number of rotatable bonds is 5. The van der Waals surface area contributed by atoms with Gasteiger partial charge in [-0.2, -0.15) is 5.10 Å². The van der Waals surface area contributed by atoms with Crippen molar-refractivity contribution in [2.45, 2.75) is 51.4 Å². The minimum Gasteiger partial charge on any atom is -0.283 e. The van der Waals surface area contributed by atoms with Crippen molar-refractivity contribution in [3.8, 4) is 0 Å². The third kappa shape index (κ3) is 2.69. The van der Waals surface area contributed by atoms with Crippen LogP contribution in [0.1, 0.15) is 53.7 Å². The first-order valence-electron chi connectivity index (χ1n) is 8.93. The van der Waals surface area contributed by atoms with Crippen molar-refractivity contribution >= 4 is 11.3 Å². The first kappa shape index (κ1) is 15.2. The predicted octanol–water partition coefficient (Wildman–Crippen LogP) is 2.43. The maximum absolute atomic E-state index is 4.87. The summed E-state index contributed by atoms with van der Waals surface area (Å²) >= 11 is 1.81. The Morgan fingerprint density at radius 2 is 2.20 bits per heavy atom. The largest absolute Gasteiger partial charge is 0.283 e. The van der Waals surface area contributed by atoms with Gasteiger partial charge in [0, 0.05) is 42.2 Å². The average molecular weight is 355 g/mol. The molecule has 5 rings (SSSR count). The summed E-state index contributed by atoms with van der Waals surface area (Å²) in [6.07, 6.45) is 4.71. The third-order valence-corrected chi connectivity index (χ3v) is 5.97. The van der Waals surface area contributed by atoms with Gasteiger partial charge in [0.05, 0.1) is 12.2 Å². The molecule has 7 nitrogen and oxygen atoms in total. The number of hydrogen-bond donors (Lipinski definition) is 0. The van der Waals surface area contributed by atoms with Gasteiger partial charge in [0.2, 0.25) is 0 Å². The number of thiophene rings is 1. The van der Waals surface area contributed by atoms with Gasteiger partial charge >= 0.3 is 0 Å². The molecule has 0 aromatic carbocycles. The van der Waals surface area contributed by atoms with E-state index in [0.717, 1.165) is 32.0 Å². The zero-order chi connectivity index (χ0) is 16.8. The molecule has 0 radical (unpaired) electrons. The van der Waals surface area contributed by atoms with Crippen LogP contribution in [0.2, 0.25) is 0 Å². The van der Waals surface area contributed by atoms with Crippen molar-refractivity contribution in [3.63, 3.8) is 0 Å². The lowest BCUT2D eigenvalue weighted by Gasteiger charge is -2.34. The van der Waals surface area contributed by atoms with Crippen molar-refractivity contribution in [1.29, 1.82) is 0 Å². The molecule has 0 bridgehead atoms. The van der Waals surface area contributed by atoms with Gasteiger partial charge in [0.15, 0.2) is 5.82 Å². The van der Waals surface area contributed by atoms with Crippen LogP contribution in [0, 0.1) is 0 Å². The second-order valence-corrected chi connectivity index (χ2v) is 7.84. The zero-order valence-electron chi connectivity index (χ0n) is 14.2. The van der Waals surface area contributed by atoms with Crippen LogP contribution in [0.3, 0.4) is 0 Å². The Bertz CT molecular complexity index is 862. The lowest BCUT2D eigenvalue weighted by atomic mass is 10.0. The SMILES string of the molecule is CCn1cc(C2c3nnnn3CCN2Cc2cccs2)c(C2CC2)n1. The van der Waals surface area contributed by atoms with E-state index in [1.165, 1.54) is 29.0 Å². The Kier molecular flexibility index (Phi) is 3.67. The van der Waals surface area contributed by atoms with Crippen LogP contribution in [-0.4, -0.2) is 41.4 Å². The van der Waals surface area contributed by atoms with Crippen LogP contribution in [0.5, 0.6) is 0 Å². The molecule has 1 aliphatic carbocycles. The average Bonchev–Trinajstić information content (AvgIpc) is 3.06. The first-order valence-corrected chi connectivity index (χ1v) is 9.81. The fourth-order valence-corrected chi connectivity index (χ4v) is 4.42. The van der Waals surface area contributed by atoms with Crippen molar-refractivity contribution in [1.82, 2.24) is 34.9 Å². The molecule has 2 aliphatic rings. The van der Waals surface area contributed by atoms with Crippen molar-refractivity contribution in [2.75, 3.05) is 6.54 Å². The molecule has 1 saturated carbocycles. The molecule has 3 aromatic heterocycles. The molecule has 0 spiro atoms. The van der Waals surface area contributed by atoms with Gasteiger partial charge < -0.3 is 0 Å². The summed E-state index contributed by atoms with van der Waals surface area (Å²) in [5.74, 6) is 1.55. The smallest absolute Gasteiger partial charge is 0.173 e. The molecule has 0 saturated heterocycles. The lowest BCUT2D eigenvalue weighted by Crippen LogP contribution is -2.39. The minimum absolute atomic E-state index is 0.0850. The highest BCUT2D eigenvalue weighted by Crippen LogP contribution is 2.44. The summed E-state index contributed by atoms with van der Waals surface area (Å²) in [6.45, 7) is 5.74. The Labute approximate surface area is 150 Å². The highest BCUT2D eigenvalue weighted by Gasteiger charge is 2.38. The predicted molar refractivity (Wildman–Crippen MR) is 94.3 cm³/mol. The van der Waals surface area contributed by atoms with Crippen LogP contribution >= 0.6 is 11.3 Å². The second-order valence-electron chi connectivity index (χ2n) is 6.81. The summed E-state index contributed by atoms with van der Waals surface area (Å²) in [5.41, 5.74) is 2.54. The summed E-state index contributed by atoms with van der Waals surface area (Å²) < 4.78 is 4.02. The Balaban J connectivity index is 1.58. The van der Waals surface area contributed by atoms with Crippen LogP contribution in [0.15, 0.2) is 23.7 Å². The van der Waals surface area contributed by atoms with Crippen molar-refractivity contribution in [3.05, 3.63) is 45.7 Å². The van der Waals surface area contributed by atoms with Crippen LogP contribution in [-0.2, 0) is 19.6 Å². The van der Waals surface area contributed by atoms with Gasteiger partial charge in [0.1, 0.15) is 6.04 Å². The number of hydrogen-bond acceptors (Lipinski definition) is 6. The first-order chi connectivity index (χ1) is 12.3. The van der Waals surface area contributed by atoms with E-state index in [9.17, 15) is 0 Å². The molecule has 130 valence electrons. The van der Waals surface area contributed by atoms with E-state index in [0.29, 0.717) is 5.92 Å². The van der Waals surface area contributed by atoms with E-state index in [2.05, 4.69) is 55.7 Å². The summed E-state index contributed by atoms with van der Waals surface area (Å²) in [7, 11) is 0. The Morgan fingerprint density at radius 1 is 1.28 bits per heavy atom. The Morgan fingerprint density at radius 3 is 2.96 bits per heavy atom. The Hall–Kier alpha value is -2.06. The van der Waals surface area contributed by atoms with Crippen LogP contribution in [0.25, 0.3) is 0 Å². The lowest BCUT2D eigenvalue weighted by molar-refractivity contribution is 0.165. The zero-order valence-corrected chi connectivity index (χ0v) is 15.1. The standard InChI is InChI=1S/C17H21N7S/c1-2-23-11-14(15(19-23)12-5-6-12)16-17-18-20-21-24(17)8-7-22(16)10-13-4-3-9-25-13/h3-4,9,11-12,16H,2,5-8,10H2,1H3. The van der Waals surface area contributed by atoms with Gasteiger partial charge in [-0.3, -0.25) is 9.58 Å². The molecule has 1 unspecified atom stereocenters. The molecule has 1 fully saturated rings. The molecule has 3 aromatic rings. The fourth-order valence-electron chi connectivity index (χ4n) is 3.69. The van der Waals surface area contributed by atoms with Crippen molar-refractivity contribution < 1.29 is 0 Å². The van der Waals surface area contributed by atoms with E-state index < -0.39 is 0 Å². The molecule has 1 atom stereocenters. The number of aryl methyl sites for hydroxylation is 1. The molecular weight excluding hydrogens is 334 g/mol. The summed E-state index contributed by atoms with van der Waals surface area (Å²) in [6, 6.07) is 4.41. The molecule has 25 heavy (non-hydrogen) atoms. The van der Waals surface area contributed by atoms with Gasteiger partial charge in [0.25, 0.3) is 0 Å². The second kappa shape index (κ2) is 6.03. The molecule has 4 heterocycles. The van der Waals surface area contributed by atoms with Gasteiger partial charge in [-0.05, 0) is 41.6 Å². The van der Waals surface area contributed by atoms with E-state index in [1.54, 1.807) is 0 Å². The highest BCUT2D eigenvalue weighted by atomic mass is 32.1. The topological polar surface area (TPSA) is 64.7 Å². The maximum Gasteiger partial charge on any atom is 0.173 e. The van der Waals surface area contributed by atoms with E-state index in [-0.39, 0.29) is 6.04 Å². The number of nitrogens with zero attached hydrogens (tertiary/aromatic N) is 7. The normalized spacial score (nSPS) is 20.8. The summed E-state index contributed by atoms with van der Waals surface area (Å²) in [4.78, 5) is 3.88. The monoisotopic (exact) mass is 355 g/mol. The molecular formula is C17H21N7S. The summed E-state index contributed by atoms with van der Waals surface area (Å²) in [5, 5.41) is 19.5. The quantitative estimate of drug-likeness (QED) is 0.703. The van der Waals surface area contributed by atoms with E-state index in [1.807, 2.05) is 16.0 Å². The molecule has 0 amide bonds. The minimum atomic E-state index is 0.0850. The van der Waals surface area contributed by atoms with Gasteiger partial charge in [-0.1, -0.05) is 6.07 Å². The molecule has 1 aliphatic heterocycles. The third-order valence-electron chi connectivity index (χ3n) is 5.11. The number of fused-ring (bicyclic) bond motifs is 1. The number of aromatic nitrogens is 6. The van der Waals surface area contributed by atoms with E-state index in [4.69, 9.17) is 5.10 Å². The van der Waals surface area contributed by atoms with Gasteiger partial charge in [-0.15, -0.1) is 16.4 Å². The van der Waals surface area contributed by atoms with Crippen LogP contribution in [0.4, 0.5) is 0 Å². The number of tetrazole rings is 1. The fraction of sp³-hybridized carbons (Fsp3) is 0.529. The maximum atomic E-state index is 4.87. The highest BCUT2D eigenvalue weighted by molar-refractivity contribution is 7.09. The van der Waals surface area contributed by atoms with Gasteiger partial charge in [-0.25, -0.2) is 4.68 Å². The molecule has 8 heteroatoms. The van der Waals surface area contributed by atoms with Crippen LogP contribution < -0.4 is 0 Å². The molecule has 0 N–H and O–H groups in total.